The van der Waals surface area contributed by atoms with Crippen molar-refractivity contribution in [3.8, 4) is 0 Å². The summed E-state index contributed by atoms with van der Waals surface area (Å²) in [6.45, 7) is 6.57. The number of aromatic nitrogens is 2. The molecule has 2 heterocycles. The molecule has 0 aliphatic heterocycles. The molecule has 0 atom stereocenters. The van der Waals surface area contributed by atoms with E-state index >= 15 is 0 Å². The van der Waals surface area contributed by atoms with Crippen molar-refractivity contribution < 1.29 is 4.42 Å². The van der Waals surface area contributed by atoms with Crippen LogP contribution in [0.25, 0.3) is 0 Å². The van der Waals surface area contributed by atoms with Crippen molar-refractivity contribution in [2.75, 3.05) is 0 Å². The van der Waals surface area contributed by atoms with E-state index in [9.17, 15) is 0 Å². The maximum atomic E-state index is 5.32. The van der Waals surface area contributed by atoms with Gasteiger partial charge in [0.25, 0.3) is 0 Å². The second-order valence-corrected chi connectivity index (χ2v) is 5.58. The average Bonchev–Trinajstić information content (AvgIpc) is 3.15. The zero-order chi connectivity index (χ0) is 15.4. The van der Waals surface area contributed by atoms with Gasteiger partial charge in [0.05, 0.1) is 19.4 Å². The highest BCUT2D eigenvalue weighted by Crippen LogP contribution is 2.13. The molecule has 0 bridgehead atoms. The fourth-order valence-corrected chi connectivity index (χ4v) is 2.52. The summed E-state index contributed by atoms with van der Waals surface area (Å²) in [5.74, 6) is 1.97. The van der Waals surface area contributed by atoms with Gasteiger partial charge in [-0.05, 0) is 37.1 Å². The van der Waals surface area contributed by atoms with E-state index in [0.717, 1.165) is 24.7 Å². The molecule has 0 spiro atoms. The molecular weight excluding hydrogens is 274 g/mol. The third-order valence-electron chi connectivity index (χ3n) is 3.81. The van der Waals surface area contributed by atoms with Gasteiger partial charge in [-0.25, -0.2) is 4.98 Å². The minimum absolute atomic E-state index is 0.712. The van der Waals surface area contributed by atoms with Crippen molar-refractivity contribution in [3.05, 3.63) is 77.3 Å². The van der Waals surface area contributed by atoms with Crippen molar-refractivity contribution in [1.29, 1.82) is 0 Å². The van der Waals surface area contributed by atoms with Crippen molar-refractivity contribution in [2.45, 2.75) is 33.5 Å². The predicted octanol–water partition coefficient (Wildman–Crippen LogP) is 3.43. The van der Waals surface area contributed by atoms with Crippen LogP contribution in [-0.2, 0) is 19.6 Å². The molecule has 1 aromatic carbocycles. The van der Waals surface area contributed by atoms with Gasteiger partial charge >= 0.3 is 0 Å². The van der Waals surface area contributed by atoms with Crippen LogP contribution in [0.5, 0.6) is 0 Å². The molecule has 2 aromatic heterocycles. The third-order valence-corrected chi connectivity index (χ3v) is 3.81. The lowest BCUT2D eigenvalue weighted by Crippen LogP contribution is -2.17. The van der Waals surface area contributed by atoms with Crippen molar-refractivity contribution >= 4 is 0 Å². The zero-order valence-corrected chi connectivity index (χ0v) is 13.0. The molecule has 114 valence electrons. The van der Waals surface area contributed by atoms with Crippen LogP contribution in [0.2, 0.25) is 0 Å². The van der Waals surface area contributed by atoms with E-state index in [1.807, 2.05) is 24.5 Å². The van der Waals surface area contributed by atoms with E-state index in [2.05, 4.69) is 46.9 Å². The number of nitrogens with zero attached hydrogens (tertiary/aromatic N) is 2. The minimum atomic E-state index is 0.712. The SMILES string of the molecule is Cc1ccc(C)c(Cn2ccnc2CNCc2ccco2)c1. The summed E-state index contributed by atoms with van der Waals surface area (Å²) in [6, 6.07) is 10.4. The van der Waals surface area contributed by atoms with Gasteiger partial charge in [-0.15, -0.1) is 0 Å². The third kappa shape index (κ3) is 3.46. The first-order valence-electron chi connectivity index (χ1n) is 7.51. The van der Waals surface area contributed by atoms with E-state index in [-0.39, 0.29) is 0 Å². The summed E-state index contributed by atoms with van der Waals surface area (Å²) in [6.07, 6.45) is 5.58. The summed E-state index contributed by atoms with van der Waals surface area (Å²) in [4.78, 5) is 4.45. The second-order valence-electron chi connectivity index (χ2n) is 5.58. The molecule has 0 radical (unpaired) electrons. The molecule has 22 heavy (non-hydrogen) atoms. The fraction of sp³-hybridized carbons (Fsp3) is 0.278. The summed E-state index contributed by atoms with van der Waals surface area (Å²) in [5, 5.41) is 3.37. The van der Waals surface area contributed by atoms with Crippen LogP contribution < -0.4 is 5.32 Å². The number of rotatable bonds is 6. The first-order chi connectivity index (χ1) is 10.7. The lowest BCUT2D eigenvalue weighted by molar-refractivity contribution is 0.477. The standard InChI is InChI=1S/C18H21N3O/c1-14-5-6-15(2)16(10-14)13-21-8-7-20-18(21)12-19-11-17-4-3-9-22-17/h3-10,19H,11-13H2,1-2H3. The van der Waals surface area contributed by atoms with Crippen LogP contribution in [0.4, 0.5) is 0 Å². The maximum Gasteiger partial charge on any atom is 0.122 e. The Hall–Kier alpha value is -2.33. The second kappa shape index (κ2) is 6.62. The molecule has 0 unspecified atom stereocenters. The van der Waals surface area contributed by atoms with Gasteiger partial charge < -0.3 is 14.3 Å². The Bertz CT molecular complexity index is 729. The Morgan fingerprint density at radius 2 is 2.09 bits per heavy atom. The zero-order valence-electron chi connectivity index (χ0n) is 13.0. The van der Waals surface area contributed by atoms with Crippen LogP contribution >= 0.6 is 0 Å². The van der Waals surface area contributed by atoms with E-state index in [0.29, 0.717) is 6.54 Å². The summed E-state index contributed by atoms with van der Waals surface area (Å²) >= 11 is 0. The smallest absolute Gasteiger partial charge is 0.122 e. The van der Waals surface area contributed by atoms with Gasteiger partial charge in [-0.1, -0.05) is 23.8 Å². The monoisotopic (exact) mass is 295 g/mol. The number of hydrogen-bond donors (Lipinski definition) is 1. The first kappa shape index (κ1) is 14.6. The number of nitrogens with one attached hydrogen (secondary N) is 1. The summed E-state index contributed by atoms with van der Waals surface area (Å²) in [5.41, 5.74) is 3.94. The topological polar surface area (TPSA) is 43.0 Å². The highest BCUT2D eigenvalue weighted by molar-refractivity contribution is 5.30. The Balaban J connectivity index is 1.65. The average molecular weight is 295 g/mol. The number of hydrogen-bond acceptors (Lipinski definition) is 3. The lowest BCUT2D eigenvalue weighted by Gasteiger charge is -2.11. The number of imidazole rings is 1. The van der Waals surface area contributed by atoms with E-state index in [1.54, 1.807) is 6.26 Å². The minimum Gasteiger partial charge on any atom is -0.468 e. The van der Waals surface area contributed by atoms with Gasteiger partial charge in [0.2, 0.25) is 0 Å². The number of aryl methyl sites for hydroxylation is 2. The molecule has 3 aromatic rings. The predicted molar refractivity (Wildman–Crippen MR) is 86.5 cm³/mol. The highest BCUT2D eigenvalue weighted by Gasteiger charge is 2.06. The van der Waals surface area contributed by atoms with Crippen molar-refractivity contribution in [1.82, 2.24) is 14.9 Å². The Morgan fingerprint density at radius 3 is 2.91 bits per heavy atom. The Labute approximate surface area is 130 Å². The molecule has 4 nitrogen and oxygen atoms in total. The number of furan rings is 1. The molecule has 4 heteroatoms. The Morgan fingerprint density at radius 1 is 1.18 bits per heavy atom. The molecule has 0 saturated heterocycles. The van der Waals surface area contributed by atoms with Gasteiger partial charge in [-0.2, -0.15) is 0 Å². The largest absolute Gasteiger partial charge is 0.468 e. The summed E-state index contributed by atoms with van der Waals surface area (Å²) < 4.78 is 7.51. The molecule has 0 aliphatic carbocycles. The van der Waals surface area contributed by atoms with Gasteiger partial charge in [0.15, 0.2) is 0 Å². The van der Waals surface area contributed by atoms with Crippen molar-refractivity contribution in [3.63, 3.8) is 0 Å². The molecule has 0 aliphatic rings. The maximum absolute atomic E-state index is 5.32. The van der Waals surface area contributed by atoms with Gasteiger partial charge in [-0.3, -0.25) is 0 Å². The van der Waals surface area contributed by atoms with Crippen LogP contribution in [0.1, 0.15) is 28.3 Å². The molecular formula is C18H21N3O. The van der Waals surface area contributed by atoms with E-state index in [4.69, 9.17) is 4.42 Å². The molecule has 0 amide bonds. The summed E-state index contributed by atoms with van der Waals surface area (Å²) in [7, 11) is 0. The van der Waals surface area contributed by atoms with E-state index < -0.39 is 0 Å². The molecule has 0 fully saturated rings. The first-order valence-corrected chi connectivity index (χ1v) is 7.51. The van der Waals surface area contributed by atoms with Crippen LogP contribution in [0.15, 0.2) is 53.4 Å². The van der Waals surface area contributed by atoms with Crippen LogP contribution in [0.3, 0.4) is 0 Å². The van der Waals surface area contributed by atoms with Crippen LogP contribution in [0, 0.1) is 13.8 Å². The Kier molecular flexibility index (Phi) is 4.39. The quantitative estimate of drug-likeness (QED) is 0.757. The van der Waals surface area contributed by atoms with Crippen molar-refractivity contribution in [2.24, 2.45) is 0 Å². The normalized spacial score (nSPS) is 11.0. The van der Waals surface area contributed by atoms with Crippen LogP contribution in [-0.4, -0.2) is 9.55 Å². The molecule has 3 rings (SSSR count). The van der Waals surface area contributed by atoms with E-state index in [1.165, 1.54) is 16.7 Å². The molecule has 0 saturated carbocycles. The van der Waals surface area contributed by atoms with Gasteiger partial charge in [0, 0.05) is 18.9 Å². The fourth-order valence-electron chi connectivity index (χ4n) is 2.52. The number of benzene rings is 1. The highest BCUT2D eigenvalue weighted by atomic mass is 16.3. The molecule has 1 N–H and O–H groups in total. The lowest BCUT2D eigenvalue weighted by atomic mass is 10.1. The van der Waals surface area contributed by atoms with Gasteiger partial charge in [0.1, 0.15) is 11.6 Å².